The summed E-state index contributed by atoms with van der Waals surface area (Å²) in [6, 6.07) is 0. The Morgan fingerprint density at radius 1 is 1.36 bits per heavy atom. The van der Waals surface area contributed by atoms with Crippen molar-refractivity contribution in [3.8, 4) is 0 Å². The van der Waals surface area contributed by atoms with E-state index in [1.165, 1.54) is 0 Å². The summed E-state index contributed by atoms with van der Waals surface area (Å²) in [4.78, 5) is 4.14. The van der Waals surface area contributed by atoms with Gasteiger partial charge in [0.15, 0.2) is 0 Å². The maximum Gasteiger partial charge on any atom is 0.0768 e. The van der Waals surface area contributed by atoms with Crippen molar-refractivity contribution in [3.05, 3.63) is 24.4 Å². The standard InChI is InChI=1S/C8H11NS2/c1-8(11-10-2)5-3-4-6-9-7-8/h3-7H,1-2H3. The highest BCUT2D eigenvalue weighted by molar-refractivity contribution is 8.77. The molecule has 1 aliphatic heterocycles. The van der Waals surface area contributed by atoms with E-state index in [4.69, 9.17) is 0 Å². The van der Waals surface area contributed by atoms with E-state index in [9.17, 15) is 0 Å². The van der Waals surface area contributed by atoms with E-state index in [0.717, 1.165) is 0 Å². The normalized spacial score (nSPS) is 28.9. The summed E-state index contributed by atoms with van der Waals surface area (Å²) in [5.41, 5.74) is 0. The van der Waals surface area contributed by atoms with Crippen molar-refractivity contribution in [1.82, 2.24) is 0 Å². The average molecular weight is 185 g/mol. The van der Waals surface area contributed by atoms with Crippen LogP contribution >= 0.6 is 21.6 Å². The Balaban J connectivity index is 2.70. The number of nitrogens with zero attached hydrogens (tertiary/aromatic N) is 1. The van der Waals surface area contributed by atoms with Crippen LogP contribution in [0.1, 0.15) is 6.92 Å². The van der Waals surface area contributed by atoms with Gasteiger partial charge in [-0.1, -0.05) is 33.7 Å². The van der Waals surface area contributed by atoms with Gasteiger partial charge < -0.3 is 0 Å². The summed E-state index contributed by atoms with van der Waals surface area (Å²) in [5, 5.41) is 0. The molecule has 0 amide bonds. The molecule has 3 heteroatoms. The molecule has 0 radical (unpaired) electrons. The lowest BCUT2D eigenvalue weighted by atomic mass is 10.2. The second-order valence-corrected chi connectivity index (χ2v) is 5.29. The quantitative estimate of drug-likeness (QED) is 0.613. The van der Waals surface area contributed by atoms with Gasteiger partial charge in [0.05, 0.1) is 4.75 Å². The number of rotatable bonds is 2. The Bertz CT molecular complexity index is 190. The predicted octanol–water partition coefficient (Wildman–Crippen LogP) is 2.91. The van der Waals surface area contributed by atoms with Gasteiger partial charge in [-0.25, -0.2) is 0 Å². The van der Waals surface area contributed by atoms with Crippen molar-refractivity contribution in [1.29, 1.82) is 0 Å². The Hall–Kier alpha value is -0.150. The number of allylic oxidation sites excluding steroid dienone is 2. The third-order valence-corrected chi connectivity index (χ3v) is 3.65. The summed E-state index contributed by atoms with van der Waals surface area (Å²) in [5.74, 6) is 0. The maximum atomic E-state index is 4.14. The highest BCUT2D eigenvalue weighted by Crippen LogP contribution is 2.34. The van der Waals surface area contributed by atoms with Crippen molar-refractivity contribution >= 4 is 27.8 Å². The molecule has 1 rings (SSSR count). The largest absolute Gasteiger partial charge is 0.267 e. The zero-order valence-corrected chi connectivity index (χ0v) is 8.28. The monoisotopic (exact) mass is 185 g/mol. The smallest absolute Gasteiger partial charge is 0.0768 e. The number of aliphatic imine (C=N–C) groups is 1. The number of hydrogen-bond donors (Lipinski definition) is 0. The minimum absolute atomic E-state index is 0.0584. The molecule has 1 heterocycles. The van der Waals surface area contributed by atoms with Crippen LogP contribution in [0.3, 0.4) is 0 Å². The van der Waals surface area contributed by atoms with Crippen LogP contribution in [-0.2, 0) is 0 Å². The fraction of sp³-hybridized carbons (Fsp3) is 0.375. The fourth-order valence-corrected chi connectivity index (χ4v) is 2.78. The van der Waals surface area contributed by atoms with Crippen molar-refractivity contribution in [2.75, 3.05) is 6.26 Å². The van der Waals surface area contributed by atoms with E-state index in [1.54, 1.807) is 10.8 Å². The number of hydrogen-bond acceptors (Lipinski definition) is 3. The van der Waals surface area contributed by atoms with Crippen LogP contribution in [0.5, 0.6) is 0 Å². The molecule has 1 nitrogen and oxygen atoms in total. The predicted molar refractivity (Wildman–Crippen MR) is 56.3 cm³/mol. The lowest BCUT2D eigenvalue weighted by Gasteiger charge is -2.16. The molecule has 11 heavy (non-hydrogen) atoms. The van der Waals surface area contributed by atoms with E-state index in [-0.39, 0.29) is 4.75 Å². The first-order chi connectivity index (χ1) is 5.27. The van der Waals surface area contributed by atoms with E-state index in [0.29, 0.717) is 0 Å². The van der Waals surface area contributed by atoms with Crippen LogP contribution in [0.15, 0.2) is 29.4 Å². The first kappa shape index (κ1) is 8.94. The van der Waals surface area contributed by atoms with Crippen LogP contribution in [-0.4, -0.2) is 17.2 Å². The summed E-state index contributed by atoms with van der Waals surface area (Å²) < 4.78 is 0.0584. The Labute approximate surface area is 75.5 Å². The molecule has 0 fully saturated rings. The molecule has 1 atom stereocenters. The van der Waals surface area contributed by atoms with E-state index >= 15 is 0 Å². The van der Waals surface area contributed by atoms with Gasteiger partial charge in [-0.05, 0) is 19.3 Å². The van der Waals surface area contributed by atoms with Gasteiger partial charge >= 0.3 is 0 Å². The second-order valence-electron chi connectivity index (χ2n) is 2.41. The molecule has 0 spiro atoms. The molecule has 1 unspecified atom stereocenters. The summed E-state index contributed by atoms with van der Waals surface area (Å²) in [7, 11) is 3.57. The topological polar surface area (TPSA) is 12.4 Å². The van der Waals surface area contributed by atoms with Crippen LogP contribution in [0.2, 0.25) is 0 Å². The van der Waals surface area contributed by atoms with Crippen molar-refractivity contribution < 1.29 is 0 Å². The van der Waals surface area contributed by atoms with Gasteiger partial charge in [-0.2, -0.15) is 0 Å². The van der Waals surface area contributed by atoms with E-state index in [1.807, 2.05) is 35.4 Å². The van der Waals surface area contributed by atoms with Crippen molar-refractivity contribution in [2.45, 2.75) is 11.7 Å². The minimum Gasteiger partial charge on any atom is -0.267 e. The van der Waals surface area contributed by atoms with Crippen LogP contribution in [0.25, 0.3) is 0 Å². The SMILES string of the molecule is CSSC1(C)C=CC=CN=C1. The van der Waals surface area contributed by atoms with Gasteiger partial charge in [0.2, 0.25) is 0 Å². The first-order valence-corrected chi connectivity index (χ1v) is 5.93. The minimum atomic E-state index is 0.0584. The molecule has 0 aromatic carbocycles. The molecule has 60 valence electrons. The van der Waals surface area contributed by atoms with Gasteiger partial charge in [-0.3, -0.25) is 4.99 Å². The highest BCUT2D eigenvalue weighted by atomic mass is 33.1. The van der Waals surface area contributed by atoms with Crippen LogP contribution in [0.4, 0.5) is 0 Å². The summed E-state index contributed by atoms with van der Waals surface area (Å²) in [6.45, 7) is 2.15. The first-order valence-electron chi connectivity index (χ1n) is 3.37. The summed E-state index contributed by atoms with van der Waals surface area (Å²) in [6.07, 6.45) is 12.0. The van der Waals surface area contributed by atoms with E-state index < -0.39 is 0 Å². The van der Waals surface area contributed by atoms with Crippen LogP contribution in [0, 0.1) is 0 Å². The Morgan fingerprint density at radius 3 is 2.91 bits per heavy atom. The zero-order valence-electron chi connectivity index (χ0n) is 6.65. The van der Waals surface area contributed by atoms with Gasteiger partial charge in [0.1, 0.15) is 0 Å². The van der Waals surface area contributed by atoms with Crippen LogP contribution < -0.4 is 0 Å². The third kappa shape index (κ3) is 2.75. The molecular weight excluding hydrogens is 174 g/mol. The molecule has 0 saturated carbocycles. The van der Waals surface area contributed by atoms with Gasteiger partial charge in [0, 0.05) is 12.4 Å². The lowest BCUT2D eigenvalue weighted by molar-refractivity contribution is 1.10. The molecule has 0 saturated heterocycles. The average Bonchev–Trinajstić information content (AvgIpc) is 2.15. The molecule has 0 N–H and O–H groups in total. The fourth-order valence-electron chi connectivity index (χ4n) is 0.809. The Kier molecular flexibility index (Phi) is 3.27. The molecule has 0 aliphatic carbocycles. The molecular formula is C8H11NS2. The van der Waals surface area contributed by atoms with E-state index in [2.05, 4.69) is 24.2 Å². The molecule has 0 aromatic heterocycles. The molecule has 0 aromatic rings. The Morgan fingerprint density at radius 2 is 2.18 bits per heavy atom. The second kappa shape index (κ2) is 4.02. The van der Waals surface area contributed by atoms with Crippen molar-refractivity contribution in [2.24, 2.45) is 4.99 Å². The van der Waals surface area contributed by atoms with Crippen molar-refractivity contribution in [3.63, 3.8) is 0 Å². The van der Waals surface area contributed by atoms with Gasteiger partial charge in [0.25, 0.3) is 0 Å². The lowest BCUT2D eigenvalue weighted by Crippen LogP contribution is -2.16. The third-order valence-electron chi connectivity index (χ3n) is 1.30. The highest BCUT2D eigenvalue weighted by Gasteiger charge is 2.18. The zero-order chi connectivity index (χ0) is 8.16. The van der Waals surface area contributed by atoms with Gasteiger partial charge in [-0.15, -0.1) is 0 Å². The maximum absolute atomic E-state index is 4.14. The molecule has 1 aliphatic rings. The molecule has 0 bridgehead atoms. The summed E-state index contributed by atoms with van der Waals surface area (Å²) >= 11 is 0.